The van der Waals surface area contributed by atoms with Gasteiger partial charge in [0, 0.05) is 35.9 Å². The van der Waals surface area contributed by atoms with Gasteiger partial charge in [-0.3, -0.25) is 14.7 Å². The third-order valence-corrected chi connectivity index (χ3v) is 9.14. The van der Waals surface area contributed by atoms with Crippen LogP contribution in [0.4, 0.5) is 5.13 Å². The predicted molar refractivity (Wildman–Crippen MR) is 152 cm³/mol. The van der Waals surface area contributed by atoms with Crippen LogP contribution in [0.25, 0.3) is 10.2 Å². The molecule has 2 aromatic carbocycles. The summed E-state index contributed by atoms with van der Waals surface area (Å²) >= 11 is 3.08. The van der Waals surface area contributed by atoms with Gasteiger partial charge in [0.2, 0.25) is 10.0 Å². The number of pyridine rings is 1. The molecular weight excluding hydrogens is 525 g/mol. The summed E-state index contributed by atoms with van der Waals surface area (Å²) in [5.41, 5.74) is 2.02. The summed E-state index contributed by atoms with van der Waals surface area (Å²) in [6.45, 7) is 7.85. The summed E-state index contributed by atoms with van der Waals surface area (Å²) in [5.74, 6) is -0.286. The number of fused-ring (bicyclic) bond motifs is 1. The van der Waals surface area contributed by atoms with E-state index in [1.165, 1.54) is 52.1 Å². The zero-order valence-corrected chi connectivity index (χ0v) is 22.7. The maximum absolute atomic E-state index is 13.7. The molecule has 1 amide bonds. The number of benzene rings is 2. The molecule has 0 spiro atoms. The molecule has 0 fully saturated rings. The van der Waals surface area contributed by atoms with Gasteiger partial charge in [0.1, 0.15) is 0 Å². The minimum absolute atomic E-state index is 0.0936. The van der Waals surface area contributed by atoms with Gasteiger partial charge in [0.25, 0.3) is 5.91 Å². The number of carbonyl (C=O) groups is 1. The standard InChI is InChI=1S/C27H26N4O3S3/c1-4-15-30(16-5-2)37(33,34)23-11-8-21(9-12-23)26(32)31(19-20-7-6-14-28-18-20)27-29-24-13-10-22(35-3)17-25(24)36-27/h4-14,17-18H,1-2,15-16,19H2,3H3. The Hall–Kier alpha value is -3.31. The van der Waals surface area contributed by atoms with E-state index in [4.69, 9.17) is 4.98 Å². The number of aromatic nitrogens is 2. The number of anilines is 1. The third kappa shape index (κ3) is 5.99. The zero-order valence-electron chi connectivity index (χ0n) is 20.3. The molecule has 4 aromatic rings. The molecule has 0 N–H and O–H groups in total. The highest BCUT2D eigenvalue weighted by molar-refractivity contribution is 7.98. The van der Waals surface area contributed by atoms with Gasteiger partial charge in [-0.2, -0.15) is 4.31 Å². The number of thioether (sulfide) groups is 1. The SMILES string of the molecule is C=CCN(CC=C)S(=O)(=O)c1ccc(C(=O)N(Cc2cccnc2)c2nc3ccc(SC)cc3s2)cc1. The van der Waals surface area contributed by atoms with Crippen LogP contribution in [0.1, 0.15) is 15.9 Å². The molecule has 2 aromatic heterocycles. The van der Waals surface area contributed by atoms with Crippen molar-refractivity contribution in [2.24, 2.45) is 0 Å². The Balaban J connectivity index is 1.69. The second kappa shape index (κ2) is 11.8. The third-order valence-electron chi connectivity index (χ3n) is 5.53. The van der Waals surface area contributed by atoms with Gasteiger partial charge in [-0.05, 0) is 60.4 Å². The minimum Gasteiger partial charge on any atom is -0.279 e. The fraction of sp³-hybridized carbons (Fsp3) is 0.148. The molecule has 0 saturated carbocycles. The summed E-state index contributed by atoms with van der Waals surface area (Å²) in [6, 6.07) is 15.7. The molecule has 0 radical (unpaired) electrons. The van der Waals surface area contributed by atoms with Crippen LogP contribution < -0.4 is 4.90 Å². The summed E-state index contributed by atoms with van der Waals surface area (Å²) in [5, 5.41) is 0.557. The summed E-state index contributed by atoms with van der Waals surface area (Å²) in [6.07, 6.45) is 8.45. The lowest BCUT2D eigenvalue weighted by molar-refractivity contribution is 0.0985. The van der Waals surface area contributed by atoms with Crippen molar-refractivity contribution in [3.63, 3.8) is 0 Å². The van der Waals surface area contributed by atoms with E-state index in [-0.39, 0.29) is 30.4 Å². The van der Waals surface area contributed by atoms with Gasteiger partial charge in [-0.1, -0.05) is 29.6 Å². The highest BCUT2D eigenvalue weighted by Gasteiger charge is 2.25. The number of nitrogens with zero attached hydrogens (tertiary/aromatic N) is 4. The molecular formula is C27H26N4O3S3. The molecule has 4 rings (SSSR count). The van der Waals surface area contributed by atoms with Crippen LogP contribution in [0, 0.1) is 0 Å². The van der Waals surface area contributed by atoms with E-state index in [1.54, 1.807) is 29.1 Å². The summed E-state index contributed by atoms with van der Waals surface area (Å²) in [7, 11) is -3.77. The monoisotopic (exact) mass is 550 g/mol. The maximum atomic E-state index is 13.7. The van der Waals surface area contributed by atoms with Crippen LogP contribution in [0.5, 0.6) is 0 Å². The molecule has 7 nitrogen and oxygen atoms in total. The lowest BCUT2D eigenvalue weighted by atomic mass is 10.2. The zero-order chi connectivity index (χ0) is 26.4. The number of sulfonamides is 1. The Morgan fingerprint density at radius 1 is 1.08 bits per heavy atom. The van der Waals surface area contributed by atoms with Gasteiger partial charge in [-0.15, -0.1) is 24.9 Å². The van der Waals surface area contributed by atoms with Crippen molar-refractivity contribution in [2.45, 2.75) is 16.3 Å². The number of amides is 1. The van der Waals surface area contributed by atoms with E-state index in [2.05, 4.69) is 24.2 Å². The van der Waals surface area contributed by atoms with E-state index in [1.807, 2.05) is 30.5 Å². The molecule has 0 aliphatic heterocycles. The second-order valence-electron chi connectivity index (χ2n) is 8.01. The first-order valence-corrected chi connectivity index (χ1v) is 14.8. The van der Waals surface area contributed by atoms with Crippen molar-refractivity contribution in [2.75, 3.05) is 24.2 Å². The Kier molecular flexibility index (Phi) is 8.55. The molecule has 190 valence electrons. The van der Waals surface area contributed by atoms with E-state index in [0.717, 1.165) is 20.7 Å². The lowest BCUT2D eigenvalue weighted by Gasteiger charge is -2.21. The molecule has 0 bridgehead atoms. The van der Waals surface area contributed by atoms with Crippen molar-refractivity contribution in [3.8, 4) is 0 Å². The molecule has 0 aliphatic carbocycles. The quantitative estimate of drug-likeness (QED) is 0.178. The summed E-state index contributed by atoms with van der Waals surface area (Å²) in [4.78, 5) is 25.4. The Bertz CT molecular complexity index is 1510. The van der Waals surface area contributed by atoms with Crippen molar-refractivity contribution >= 4 is 54.4 Å². The Morgan fingerprint density at radius 3 is 2.43 bits per heavy atom. The van der Waals surface area contributed by atoms with Crippen LogP contribution >= 0.6 is 23.1 Å². The Labute approximate surface area is 225 Å². The molecule has 10 heteroatoms. The topological polar surface area (TPSA) is 83.5 Å². The van der Waals surface area contributed by atoms with Crippen LogP contribution in [0.15, 0.2) is 102 Å². The maximum Gasteiger partial charge on any atom is 0.260 e. The minimum atomic E-state index is -3.77. The van der Waals surface area contributed by atoms with Crippen LogP contribution in [0.3, 0.4) is 0 Å². The van der Waals surface area contributed by atoms with Crippen LogP contribution in [-0.2, 0) is 16.6 Å². The fourth-order valence-electron chi connectivity index (χ4n) is 3.67. The highest BCUT2D eigenvalue weighted by atomic mass is 32.2. The van der Waals surface area contributed by atoms with Gasteiger partial charge in [-0.25, -0.2) is 13.4 Å². The Morgan fingerprint density at radius 2 is 1.81 bits per heavy atom. The average molecular weight is 551 g/mol. The van der Waals surface area contributed by atoms with Gasteiger partial charge >= 0.3 is 0 Å². The number of thiazole rings is 1. The highest BCUT2D eigenvalue weighted by Crippen LogP contribution is 2.33. The number of carbonyl (C=O) groups excluding carboxylic acids is 1. The first-order chi connectivity index (χ1) is 17.9. The molecule has 0 aliphatic rings. The average Bonchev–Trinajstić information content (AvgIpc) is 3.35. The predicted octanol–water partition coefficient (Wildman–Crippen LogP) is 5.62. The van der Waals surface area contributed by atoms with Crippen molar-refractivity contribution in [1.29, 1.82) is 0 Å². The number of hydrogen-bond acceptors (Lipinski definition) is 7. The lowest BCUT2D eigenvalue weighted by Crippen LogP contribution is -2.32. The molecule has 0 atom stereocenters. The van der Waals surface area contributed by atoms with E-state index >= 15 is 0 Å². The van der Waals surface area contributed by atoms with Crippen LogP contribution in [-0.4, -0.2) is 47.9 Å². The molecule has 2 heterocycles. The number of rotatable bonds is 11. The van der Waals surface area contributed by atoms with Crippen molar-refractivity contribution in [1.82, 2.24) is 14.3 Å². The second-order valence-corrected chi connectivity index (χ2v) is 11.8. The van der Waals surface area contributed by atoms with E-state index in [0.29, 0.717) is 10.7 Å². The smallest absolute Gasteiger partial charge is 0.260 e. The number of hydrogen-bond donors (Lipinski definition) is 0. The molecule has 37 heavy (non-hydrogen) atoms. The van der Waals surface area contributed by atoms with Gasteiger partial charge in [0.05, 0.1) is 21.7 Å². The van der Waals surface area contributed by atoms with E-state index < -0.39 is 10.0 Å². The first-order valence-electron chi connectivity index (χ1n) is 11.3. The molecule has 0 unspecified atom stereocenters. The van der Waals surface area contributed by atoms with Gasteiger partial charge in [0.15, 0.2) is 5.13 Å². The normalized spacial score (nSPS) is 11.5. The summed E-state index contributed by atoms with van der Waals surface area (Å²) < 4.78 is 28.4. The van der Waals surface area contributed by atoms with Gasteiger partial charge < -0.3 is 0 Å². The molecule has 0 saturated heterocycles. The van der Waals surface area contributed by atoms with Crippen molar-refractivity contribution in [3.05, 3.63) is 103 Å². The van der Waals surface area contributed by atoms with E-state index in [9.17, 15) is 13.2 Å². The fourth-order valence-corrected chi connectivity index (χ4v) is 6.57. The largest absolute Gasteiger partial charge is 0.279 e. The van der Waals surface area contributed by atoms with Crippen molar-refractivity contribution < 1.29 is 13.2 Å². The first kappa shape index (κ1) is 26.7. The van der Waals surface area contributed by atoms with Crippen LogP contribution in [0.2, 0.25) is 0 Å².